The Labute approximate surface area is 111 Å². The maximum atomic E-state index is 13.2. The monoisotopic (exact) mass is 264 g/mol. The zero-order valence-electron chi connectivity index (χ0n) is 10.8. The van der Waals surface area contributed by atoms with Crippen LogP contribution >= 0.6 is 0 Å². The Morgan fingerprint density at radius 3 is 2.95 bits per heavy atom. The van der Waals surface area contributed by atoms with Crippen LogP contribution in [0.2, 0.25) is 0 Å². The summed E-state index contributed by atoms with van der Waals surface area (Å²) in [5.74, 6) is 0.382. The Hall–Kier alpha value is -1.62. The van der Waals surface area contributed by atoms with Crippen LogP contribution in [0.3, 0.4) is 0 Å². The first-order valence-electron chi connectivity index (χ1n) is 6.54. The molecule has 19 heavy (non-hydrogen) atoms. The molecule has 0 saturated carbocycles. The topological polar surface area (TPSA) is 52.6 Å². The summed E-state index contributed by atoms with van der Waals surface area (Å²) in [6, 6.07) is 4.47. The Kier molecular flexibility index (Phi) is 2.93. The number of rotatable bonds is 1. The van der Waals surface area contributed by atoms with Crippen LogP contribution in [0.4, 0.5) is 9.18 Å². The number of nitrogens with zero attached hydrogens (tertiary/aromatic N) is 1. The van der Waals surface area contributed by atoms with Crippen molar-refractivity contribution in [3.05, 3.63) is 35.1 Å². The maximum Gasteiger partial charge on any atom is 0.407 e. The molecule has 2 saturated heterocycles. The molecule has 0 aliphatic carbocycles. The molecule has 1 aromatic rings. The number of carboxylic acid groups (broad SMARTS) is 1. The zero-order valence-corrected chi connectivity index (χ0v) is 10.8. The van der Waals surface area contributed by atoms with E-state index in [-0.39, 0.29) is 11.9 Å². The van der Waals surface area contributed by atoms with E-state index in [1.54, 1.807) is 6.07 Å². The number of amides is 1. The minimum atomic E-state index is -0.886. The van der Waals surface area contributed by atoms with E-state index in [0.29, 0.717) is 18.4 Å². The first kappa shape index (κ1) is 12.4. The molecule has 5 heteroatoms. The van der Waals surface area contributed by atoms with Gasteiger partial charge in [0.15, 0.2) is 0 Å². The number of halogens is 1. The summed E-state index contributed by atoms with van der Waals surface area (Å²) in [7, 11) is 0. The predicted molar refractivity (Wildman–Crippen MR) is 68.5 cm³/mol. The van der Waals surface area contributed by atoms with Gasteiger partial charge in [0.25, 0.3) is 0 Å². The van der Waals surface area contributed by atoms with Gasteiger partial charge in [-0.15, -0.1) is 0 Å². The quantitative estimate of drug-likeness (QED) is 0.815. The molecule has 2 N–H and O–H groups in total. The van der Waals surface area contributed by atoms with Crippen molar-refractivity contribution >= 4 is 6.09 Å². The lowest BCUT2D eigenvalue weighted by molar-refractivity contribution is 0.134. The lowest BCUT2D eigenvalue weighted by Crippen LogP contribution is -2.33. The van der Waals surface area contributed by atoms with E-state index >= 15 is 0 Å². The van der Waals surface area contributed by atoms with Crippen LogP contribution in [0.5, 0.6) is 0 Å². The van der Waals surface area contributed by atoms with Crippen LogP contribution in [0, 0.1) is 24.6 Å². The minimum Gasteiger partial charge on any atom is -0.465 e. The van der Waals surface area contributed by atoms with Gasteiger partial charge in [-0.1, -0.05) is 6.07 Å². The molecule has 1 amide bonds. The van der Waals surface area contributed by atoms with Crippen LogP contribution in [-0.4, -0.2) is 35.7 Å². The minimum absolute atomic E-state index is 0.155. The van der Waals surface area contributed by atoms with Gasteiger partial charge in [-0.25, -0.2) is 9.18 Å². The summed E-state index contributed by atoms with van der Waals surface area (Å²) in [6.45, 7) is 4.10. The highest BCUT2D eigenvalue weighted by atomic mass is 19.1. The van der Waals surface area contributed by atoms with Crippen molar-refractivity contribution in [1.29, 1.82) is 0 Å². The van der Waals surface area contributed by atoms with Gasteiger partial charge in [-0.2, -0.15) is 0 Å². The molecular weight excluding hydrogens is 247 g/mol. The van der Waals surface area contributed by atoms with Gasteiger partial charge in [0.1, 0.15) is 5.82 Å². The van der Waals surface area contributed by atoms with Crippen LogP contribution in [0.1, 0.15) is 17.2 Å². The van der Waals surface area contributed by atoms with Crippen molar-refractivity contribution < 1.29 is 14.3 Å². The number of nitrogens with one attached hydrogen (secondary N) is 1. The smallest absolute Gasteiger partial charge is 0.407 e. The van der Waals surface area contributed by atoms with Gasteiger partial charge >= 0.3 is 6.09 Å². The van der Waals surface area contributed by atoms with Crippen molar-refractivity contribution in [2.45, 2.75) is 13.0 Å². The fourth-order valence-electron chi connectivity index (χ4n) is 3.49. The van der Waals surface area contributed by atoms with Crippen molar-refractivity contribution in [1.82, 2.24) is 10.2 Å². The molecule has 3 atom stereocenters. The van der Waals surface area contributed by atoms with Crippen molar-refractivity contribution in [3.8, 4) is 0 Å². The second kappa shape index (κ2) is 4.49. The highest BCUT2D eigenvalue weighted by Gasteiger charge is 2.47. The highest BCUT2D eigenvalue weighted by Crippen LogP contribution is 2.43. The third-order valence-corrected chi connectivity index (χ3v) is 4.36. The average molecular weight is 264 g/mol. The molecule has 2 aliphatic rings. The van der Waals surface area contributed by atoms with Crippen molar-refractivity contribution in [3.63, 3.8) is 0 Å². The Bertz CT molecular complexity index is 520. The molecule has 0 radical (unpaired) electrons. The summed E-state index contributed by atoms with van der Waals surface area (Å²) < 4.78 is 13.2. The Morgan fingerprint density at radius 1 is 1.47 bits per heavy atom. The second-order valence-electron chi connectivity index (χ2n) is 5.46. The summed E-state index contributed by atoms with van der Waals surface area (Å²) in [5, 5.41) is 12.7. The van der Waals surface area contributed by atoms with Gasteiger partial charge < -0.3 is 15.3 Å². The van der Waals surface area contributed by atoms with Crippen LogP contribution in [0.15, 0.2) is 18.2 Å². The van der Waals surface area contributed by atoms with E-state index in [1.807, 2.05) is 6.92 Å². The molecule has 3 rings (SSSR count). The van der Waals surface area contributed by atoms with E-state index < -0.39 is 6.09 Å². The summed E-state index contributed by atoms with van der Waals surface area (Å²) in [6.07, 6.45) is -0.886. The first-order chi connectivity index (χ1) is 9.08. The number of hydrogen-bond acceptors (Lipinski definition) is 2. The number of fused-ring (bicyclic) bond motifs is 1. The van der Waals surface area contributed by atoms with Gasteiger partial charge in [-0.05, 0) is 36.1 Å². The number of aryl methyl sites for hydroxylation is 1. The SMILES string of the molecule is Cc1cc(F)ccc1C1C2CNCC2CN1C(=O)O. The molecule has 2 fully saturated rings. The Balaban J connectivity index is 2.01. The Morgan fingerprint density at radius 2 is 2.26 bits per heavy atom. The molecular formula is C14H17FN2O2. The fraction of sp³-hybridized carbons (Fsp3) is 0.500. The summed E-state index contributed by atoms with van der Waals surface area (Å²) in [5.41, 5.74) is 1.75. The summed E-state index contributed by atoms with van der Waals surface area (Å²) >= 11 is 0. The third-order valence-electron chi connectivity index (χ3n) is 4.36. The normalized spacial score (nSPS) is 29.6. The van der Waals surface area contributed by atoms with Crippen molar-refractivity contribution in [2.75, 3.05) is 19.6 Å². The molecule has 0 aromatic heterocycles. The van der Waals surface area contributed by atoms with Gasteiger partial charge in [0, 0.05) is 25.6 Å². The first-order valence-corrected chi connectivity index (χ1v) is 6.54. The number of benzene rings is 1. The fourth-order valence-corrected chi connectivity index (χ4v) is 3.49. The van der Waals surface area contributed by atoms with Gasteiger partial charge in [0.05, 0.1) is 6.04 Å². The van der Waals surface area contributed by atoms with Crippen molar-refractivity contribution in [2.24, 2.45) is 11.8 Å². The van der Waals surface area contributed by atoms with Crippen LogP contribution < -0.4 is 5.32 Å². The molecule has 3 unspecified atom stereocenters. The number of likely N-dealkylation sites (tertiary alicyclic amines) is 1. The molecule has 0 bridgehead atoms. The van der Waals surface area contributed by atoms with E-state index in [4.69, 9.17) is 0 Å². The van der Waals surface area contributed by atoms with E-state index in [1.165, 1.54) is 17.0 Å². The molecule has 0 spiro atoms. The molecule has 102 valence electrons. The standard InChI is InChI=1S/C14H17FN2O2/c1-8-4-10(15)2-3-11(8)13-12-6-16-5-9(12)7-17(13)14(18)19/h2-4,9,12-13,16H,5-7H2,1H3,(H,18,19). The average Bonchev–Trinajstić information content (AvgIpc) is 2.89. The lowest BCUT2D eigenvalue weighted by atomic mass is 9.87. The van der Waals surface area contributed by atoms with Gasteiger partial charge in [0.2, 0.25) is 0 Å². The van der Waals surface area contributed by atoms with E-state index in [2.05, 4.69) is 5.32 Å². The largest absolute Gasteiger partial charge is 0.465 e. The molecule has 4 nitrogen and oxygen atoms in total. The maximum absolute atomic E-state index is 13.2. The second-order valence-corrected chi connectivity index (χ2v) is 5.46. The van der Waals surface area contributed by atoms with Crippen LogP contribution in [-0.2, 0) is 0 Å². The van der Waals surface area contributed by atoms with E-state index in [0.717, 1.165) is 24.2 Å². The number of carbonyl (C=O) groups is 1. The molecule has 1 aromatic carbocycles. The lowest BCUT2D eigenvalue weighted by Gasteiger charge is -2.27. The molecule has 2 heterocycles. The predicted octanol–water partition coefficient (Wildman–Crippen LogP) is 2.00. The van der Waals surface area contributed by atoms with Crippen LogP contribution in [0.25, 0.3) is 0 Å². The third kappa shape index (κ3) is 1.98. The highest BCUT2D eigenvalue weighted by molar-refractivity contribution is 5.66. The van der Waals surface area contributed by atoms with E-state index in [9.17, 15) is 14.3 Å². The number of hydrogen-bond donors (Lipinski definition) is 2. The zero-order chi connectivity index (χ0) is 13.6. The summed E-state index contributed by atoms with van der Waals surface area (Å²) in [4.78, 5) is 12.9. The van der Waals surface area contributed by atoms with Gasteiger partial charge in [-0.3, -0.25) is 0 Å². The molecule has 2 aliphatic heterocycles.